The van der Waals surface area contributed by atoms with E-state index in [-0.39, 0.29) is 30.0 Å². The maximum atomic E-state index is 12.9. The molecular weight excluding hydrogens is 392 g/mol. The summed E-state index contributed by atoms with van der Waals surface area (Å²) in [6.45, 7) is 0.319. The Bertz CT molecular complexity index is 932. The maximum Gasteiger partial charge on any atom is 0.273 e. The van der Waals surface area contributed by atoms with Crippen molar-refractivity contribution in [1.82, 2.24) is 4.90 Å². The second-order valence-corrected chi connectivity index (χ2v) is 6.73. The third-order valence-corrected chi connectivity index (χ3v) is 5.08. The van der Waals surface area contributed by atoms with Crippen molar-refractivity contribution in [2.24, 2.45) is 0 Å². The van der Waals surface area contributed by atoms with E-state index in [1.807, 2.05) is 12.1 Å². The number of benzene rings is 2. The van der Waals surface area contributed by atoms with E-state index < -0.39 is 4.92 Å². The number of amides is 1. The number of ether oxygens (including phenoxy) is 4. The number of non-ortho nitro benzene ring substituents is 1. The van der Waals surface area contributed by atoms with Gasteiger partial charge < -0.3 is 23.8 Å². The van der Waals surface area contributed by atoms with Crippen molar-refractivity contribution < 1.29 is 28.7 Å². The topological polar surface area (TPSA) is 100 Å². The molecule has 1 fully saturated rings. The first-order valence-corrected chi connectivity index (χ1v) is 9.45. The van der Waals surface area contributed by atoms with Crippen molar-refractivity contribution in [2.75, 3.05) is 34.5 Å². The summed E-state index contributed by atoms with van der Waals surface area (Å²) in [6.07, 6.45) is 1.63. The Balaban J connectivity index is 1.78. The summed E-state index contributed by atoms with van der Waals surface area (Å²) in [5.74, 6) is 1.61. The first-order chi connectivity index (χ1) is 14.5. The van der Waals surface area contributed by atoms with E-state index in [2.05, 4.69) is 0 Å². The Hall–Kier alpha value is -3.49. The molecule has 1 aliphatic heterocycles. The monoisotopic (exact) mass is 416 g/mol. The average Bonchev–Trinajstić information content (AvgIpc) is 3.26. The number of methoxy groups -OCH3 is 3. The first-order valence-electron chi connectivity index (χ1n) is 9.45. The van der Waals surface area contributed by atoms with Crippen molar-refractivity contribution in [3.05, 3.63) is 52.1 Å². The zero-order valence-corrected chi connectivity index (χ0v) is 17.1. The SMILES string of the molecule is COc1ccc(OC)c([C@@H]2CCCN2C(=O)COc2cc([N+](=O)[O-])ccc2OC)c1. The Kier molecular flexibility index (Phi) is 6.61. The van der Waals surface area contributed by atoms with E-state index in [0.29, 0.717) is 23.8 Å². The number of carbonyl (C=O) groups excluding carboxylic acids is 1. The highest BCUT2D eigenvalue weighted by atomic mass is 16.6. The number of hydrogen-bond acceptors (Lipinski definition) is 7. The van der Waals surface area contributed by atoms with Crippen molar-refractivity contribution in [1.29, 1.82) is 0 Å². The van der Waals surface area contributed by atoms with Crippen LogP contribution in [0.1, 0.15) is 24.4 Å². The van der Waals surface area contributed by atoms with Crippen molar-refractivity contribution in [3.63, 3.8) is 0 Å². The Morgan fingerprint density at radius 1 is 1.07 bits per heavy atom. The lowest BCUT2D eigenvalue weighted by molar-refractivity contribution is -0.385. The van der Waals surface area contributed by atoms with Gasteiger partial charge in [0, 0.05) is 18.2 Å². The predicted molar refractivity (Wildman–Crippen MR) is 108 cm³/mol. The van der Waals surface area contributed by atoms with Crippen LogP contribution in [0.3, 0.4) is 0 Å². The molecule has 0 unspecified atom stereocenters. The highest BCUT2D eigenvalue weighted by Crippen LogP contribution is 2.39. The van der Waals surface area contributed by atoms with Crippen molar-refractivity contribution in [3.8, 4) is 23.0 Å². The normalized spacial score (nSPS) is 15.6. The molecule has 1 saturated heterocycles. The van der Waals surface area contributed by atoms with Gasteiger partial charge >= 0.3 is 0 Å². The molecule has 1 amide bonds. The highest BCUT2D eigenvalue weighted by Gasteiger charge is 2.32. The van der Waals surface area contributed by atoms with Gasteiger partial charge in [-0.2, -0.15) is 0 Å². The molecule has 0 saturated carbocycles. The summed E-state index contributed by atoms with van der Waals surface area (Å²) in [5.41, 5.74) is 0.731. The largest absolute Gasteiger partial charge is 0.497 e. The molecule has 160 valence electrons. The Morgan fingerprint density at radius 2 is 1.80 bits per heavy atom. The van der Waals surface area contributed by atoms with Crippen molar-refractivity contribution in [2.45, 2.75) is 18.9 Å². The summed E-state index contributed by atoms with van der Waals surface area (Å²) in [6, 6.07) is 9.34. The number of nitro groups is 1. The molecule has 0 radical (unpaired) electrons. The molecular formula is C21H24N2O7. The number of nitrogens with zero attached hydrogens (tertiary/aromatic N) is 2. The fourth-order valence-corrected chi connectivity index (χ4v) is 3.60. The van der Waals surface area contributed by atoms with Crippen molar-refractivity contribution >= 4 is 11.6 Å². The van der Waals surface area contributed by atoms with Crippen LogP contribution >= 0.6 is 0 Å². The molecule has 0 N–H and O–H groups in total. The minimum atomic E-state index is -0.528. The van der Waals surface area contributed by atoms with Crippen LogP contribution in [0, 0.1) is 10.1 Å². The van der Waals surface area contributed by atoms with E-state index in [0.717, 1.165) is 18.4 Å². The van der Waals surface area contributed by atoms with Crippen LogP contribution in [-0.4, -0.2) is 50.2 Å². The van der Waals surface area contributed by atoms with Gasteiger partial charge in [0.1, 0.15) is 11.5 Å². The van der Waals surface area contributed by atoms with Crippen LogP contribution in [0.25, 0.3) is 0 Å². The molecule has 9 heteroatoms. The Labute approximate surface area is 174 Å². The van der Waals surface area contributed by atoms with E-state index in [1.54, 1.807) is 25.2 Å². The number of likely N-dealkylation sites (tertiary alicyclic amines) is 1. The molecule has 0 spiro atoms. The lowest BCUT2D eigenvalue weighted by Gasteiger charge is -2.26. The fraction of sp³-hybridized carbons (Fsp3) is 0.381. The summed E-state index contributed by atoms with van der Waals surface area (Å²) in [4.78, 5) is 25.2. The van der Waals surface area contributed by atoms with Gasteiger partial charge in [-0.25, -0.2) is 0 Å². The molecule has 9 nitrogen and oxygen atoms in total. The van der Waals surface area contributed by atoms with Gasteiger partial charge in [0.15, 0.2) is 18.1 Å². The van der Waals surface area contributed by atoms with E-state index >= 15 is 0 Å². The lowest BCUT2D eigenvalue weighted by Crippen LogP contribution is -2.34. The molecule has 30 heavy (non-hydrogen) atoms. The van der Waals surface area contributed by atoms with Gasteiger partial charge in [0.05, 0.1) is 38.4 Å². The van der Waals surface area contributed by atoms with Gasteiger partial charge in [0.25, 0.3) is 11.6 Å². The first kappa shape index (κ1) is 21.2. The van der Waals surface area contributed by atoms with Crippen LogP contribution < -0.4 is 18.9 Å². The average molecular weight is 416 g/mol. The van der Waals surface area contributed by atoms with Gasteiger partial charge in [-0.3, -0.25) is 14.9 Å². The van der Waals surface area contributed by atoms with E-state index in [4.69, 9.17) is 18.9 Å². The maximum absolute atomic E-state index is 12.9. The molecule has 0 bridgehead atoms. The van der Waals surface area contributed by atoms with E-state index in [1.165, 1.54) is 25.3 Å². The summed E-state index contributed by atoms with van der Waals surface area (Å²) in [5, 5.41) is 11.0. The summed E-state index contributed by atoms with van der Waals surface area (Å²) in [7, 11) is 4.61. The van der Waals surface area contributed by atoms with Gasteiger partial charge in [0.2, 0.25) is 0 Å². The number of carbonyl (C=O) groups is 1. The second kappa shape index (κ2) is 9.34. The quantitative estimate of drug-likeness (QED) is 0.480. The molecule has 3 rings (SSSR count). The molecule has 2 aromatic rings. The lowest BCUT2D eigenvalue weighted by atomic mass is 10.0. The molecule has 1 atom stereocenters. The van der Waals surface area contributed by atoms with Gasteiger partial charge in [-0.1, -0.05) is 0 Å². The third kappa shape index (κ3) is 4.40. The van der Waals surface area contributed by atoms with Crippen LogP contribution in [-0.2, 0) is 4.79 Å². The number of nitro benzene ring substituents is 1. The molecule has 1 aliphatic rings. The number of hydrogen-bond donors (Lipinski definition) is 0. The van der Waals surface area contributed by atoms with Crippen LogP contribution in [0.5, 0.6) is 23.0 Å². The number of rotatable bonds is 8. The van der Waals surface area contributed by atoms with Crippen LogP contribution in [0.4, 0.5) is 5.69 Å². The smallest absolute Gasteiger partial charge is 0.273 e. The molecule has 0 aliphatic carbocycles. The summed E-state index contributed by atoms with van der Waals surface area (Å²) < 4.78 is 21.6. The third-order valence-electron chi connectivity index (χ3n) is 5.08. The van der Waals surface area contributed by atoms with Crippen LogP contribution in [0.2, 0.25) is 0 Å². The molecule has 2 aromatic carbocycles. The zero-order valence-electron chi connectivity index (χ0n) is 17.1. The van der Waals surface area contributed by atoms with Crippen LogP contribution in [0.15, 0.2) is 36.4 Å². The zero-order chi connectivity index (χ0) is 21.7. The van der Waals surface area contributed by atoms with Gasteiger partial charge in [-0.15, -0.1) is 0 Å². The van der Waals surface area contributed by atoms with E-state index in [9.17, 15) is 14.9 Å². The Morgan fingerprint density at radius 3 is 2.47 bits per heavy atom. The standard InChI is InChI=1S/C21H24N2O7/c1-27-15-7-9-18(28-2)16(12-15)17-5-4-10-22(17)21(24)13-30-20-11-14(23(25)26)6-8-19(20)29-3/h6-9,11-12,17H,4-5,10,13H2,1-3H3/t17-/m0/s1. The highest BCUT2D eigenvalue weighted by molar-refractivity contribution is 5.79. The van der Waals surface area contributed by atoms with Gasteiger partial charge in [-0.05, 0) is 37.1 Å². The predicted octanol–water partition coefficient (Wildman–Crippen LogP) is 3.36. The minimum Gasteiger partial charge on any atom is -0.497 e. The molecule has 1 heterocycles. The second-order valence-electron chi connectivity index (χ2n) is 6.73. The molecule has 0 aromatic heterocycles. The summed E-state index contributed by atoms with van der Waals surface area (Å²) >= 11 is 0. The fourth-order valence-electron chi connectivity index (χ4n) is 3.60. The minimum absolute atomic E-state index is 0.140.